The van der Waals surface area contributed by atoms with Crippen LogP contribution in [0, 0.1) is 0 Å². The lowest BCUT2D eigenvalue weighted by atomic mass is 10.1. The van der Waals surface area contributed by atoms with Gasteiger partial charge in [-0.25, -0.2) is 0 Å². The number of ether oxygens (including phenoxy) is 1. The first-order valence-electron chi connectivity index (χ1n) is 12.3. The molecule has 2 N–H and O–H groups in total. The minimum atomic E-state index is -0.184. The van der Waals surface area contributed by atoms with E-state index in [-0.39, 0.29) is 11.9 Å². The second-order valence-electron chi connectivity index (χ2n) is 8.54. The second-order valence-corrected chi connectivity index (χ2v) is 9.66. The number of aromatic amines is 1. The molecule has 0 saturated heterocycles. The molecule has 0 atom stereocenters. The molecule has 0 aliphatic rings. The summed E-state index contributed by atoms with van der Waals surface area (Å²) in [7, 11) is 1.40. The molecule has 0 bridgehead atoms. The molecule has 4 rings (SSSR count). The van der Waals surface area contributed by atoms with Gasteiger partial charge in [-0.3, -0.25) is 19.7 Å². The topological polar surface area (TPSA) is 97.0 Å². The van der Waals surface area contributed by atoms with E-state index in [0.717, 1.165) is 63.5 Å². The highest BCUT2D eigenvalue weighted by Crippen LogP contribution is 2.35. The largest absolute Gasteiger partial charge is 0.469 e. The highest BCUT2D eigenvalue weighted by molar-refractivity contribution is 7.99. The van der Waals surface area contributed by atoms with Gasteiger partial charge in [0.2, 0.25) is 5.91 Å². The minimum Gasteiger partial charge on any atom is -0.469 e. The van der Waals surface area contributed by atoms with Gasteiger partial charge in [0.25, 0.3) is 0 Å². The smallest absolute Gasteiger partial charge is 0.305 e. The minimum absolute atomic E-state index is 0.00521. The van der Waals surface area contributed by atoms with Crippen molar-refractivity contribution in [1.82, 2.24) is 15.2 Å². The van der Waals surface area contributed by atoms with E-state index in [9.17, 15) is 9.59 Å². The number of nitrogens with one attached hydrogen (secondary N) is 2. The zero-order valence-electron chi connectivity index (χ0n) is 20.8. The van der Waals surface area contributed by atoms with E-state index in [2.05, 4.69) is 43.4 Å². The first kappa shape index (κ1) is 26.2. The molecule has 0 unspecified atom stereocenters. The third kappa shape index (κ3) is 7.79. The number of rotatable bonds is 12. The van der Waals surface area contributed by atoms with Gasteiger partial charge in [-0.05, 0) is 67.5 Å². The van der Waals surface area contributed by atoms with Crippen molar-refractivity contribution in [1.29, 1.82) is 0 Å². The maximum Gasteiger partial charge on any atom is 0.305 e. The van der Waals surface area contributed by atoms with Crippen molar-refractivity contribution in [3.8, 4) is 0 Å². The van der Waals surface area contributed by atoms with E-state index in [1.165, 1.54) is 7.11 Å². The number of carbonyl (C=O) groups excluding carboxylic acids is 2. The van der Waals surface area contributed by atoms with Gasteiger partial charge in [0.15, 0.2) is 0 Å². The van der Waals surface area contributed by atoms with Crippen LogP contribution in [0.3, 0.4) is 0 Å². The Morgan fingerprint density at radius 2 is 1.78 bits per heavy atom. The number of anilines is 1. The van der Waals surface area contributed by atoms with Crippen molar-refractivity contribution in [2.45, 2.75) is 48.3 Å². The quantitative estimate of drug-likeness (QED) is 0.161. The fourth-order valence-corrected chi connectivity index (χ4v) is 4.80. The number of H-pyrrole nitrogens is 1. The summed E-state index contributed by atoms with van der Waals surface area (Å²) in [5.41, 5.74) is 3.48. The second kappa shape index (κ2) is 13.4. The number of nitrogens with zero attached hydrogens (tertiary/aromatic N) is 2. The van der Waals surface area contributed by atoms with Crippen LogP contribution < -0.4 is 5.32 Å². The van der Waals surface area contributed by atoms with Crippen molar-refractivity contribution in [2.75, 3.05) is 12.4 Å². The highest BCUT2D eigenvalue weighted by atomic mass is 32.2. The Morgan fingerprint density at radius 1 is 0.973 bits per heavy atom. The molecule has 0 fully saturated rings. The fraction of sp³-hybridized carbons (Fsp3) is 0.241. The van der Waals surface area contributed by atoms with Crippen LogP contribution in [-0.4, -0.2) is 34.2 Å². The van der Waals surface area contributed by atoms with Gasteiger partial charge in [0.1, 0.15) is 0 Å². The van der Waals surface area contributed by atoms with Crippen molar-refractivity contribution >= 4 is 52.4 Å². The highest BCUT2D eigenvalue weighted by Gasteiger charge is 2.10. The van der Waals surface area contributed by atoms with Crippen LogP contribution in [0.2, 0.25) is 0 Å². The first-order chi connectivity index (χ1) is 18.1. The molecular formula is C29H30N4O3S. The Balaban J connectivity index is 1.34. The van der Waals surface area contributed by atoms with E-state index in [0.29, 0.717) is 12.8 Å². The van der Waals surface area contributed by atoms with Crippen LogP contribution in [0.25, 0.3) is 23.1 Å². The van der Waals surface area contributed by atoms with Crippen LogP contribution in [0.15, 0.2) is 76.7 Å². The van der Waals surface area contributed by atoms with E-state index < -0.39 is 0 Å². The number of hydrogen-bond acceptors (Lipinski definition) is 6. The lowest BCUT2D eigenvalue weighted by Gasteiger charge is -2.11. The summed E-state index contributed by atoms with van der Waals surface area (Å²) in [6.45, 7) is 0. The Morgan fingerprint density at radius 3 is 2.59 bits per heavy atom. The molecule has 8 heteroatoms. The third-order valence-corrected chi connectivity index (χ3v) is 6.88. The van der Waals surface area contributed by atoms with Gasteiger partial charge in [0.05, 0.1) is 29.7 Å². The third-order valence-electron chi connectivity index (χ3n) is 5.81. The van der Waals surface area contributed by atoms with Gasteiger partial charge < -0.3 is 10.1 Å². The summed E-state index contributed by atoms with van der Waals surface area (Å²) in [5, 5.41) is 11.6. The monoisotopic (exact) mass is 514 g/mol. The molecule has 2 heterocycles. The van der Waals surface area contributed by atoms with E-state index >= 15 is 0 Å². The zero-order chi connectivity index (χ0) is 25.9. The van der Waals surface area contributed by atoms with Gasteiger partial charge in [0, 0.05) is 34.2 Å². The lowest BCUT2D eigenvalue weighted by molar-refractivity contribution is -0.140. The maximum atomic E-state index is 12.5. The van der Waals surface area contributed by atoms with Crippen LogP contribution in [0.5, 0.6) is 0 Å². The zero-order valence-corrected chi connectivity index (χ0v) is 21.6. The summed E-state index contributed by atoms with van der Waals surface area (Å²) in [6, 6.07) is 19.8. The van der Waals surface area contributed by atoms with Crippen LogP contribution in [0.1, 0.15) is 49.9 Å². The standard InChI is InChI=1S/C29H30N4O3S/c1-36-29(35)14-5-3-2-4-13-28(34)31-25-11-6-7-12-27(25)37-22-16-17-23-24(32-33-26(23)20-22)18-15-21-10-8-9-19-30-21/h6-12,15-20H,2-5,13-14H2,1H3,(H,31,34)(H,32,33)/b18-15+. The number of aromatic nitrogens is 3. The van der Waals surface area contributed by atoms with Crippen molar-refractivity contribution in [3.05, 3.63) is 78.2 Å². The van der Waals surface area contributed by atoms with Gasteiger partial charge in [-0.2, -0.15) is 5.10 Å². The molecule has 37 heavy (non-hydrogen) atoms. The number of fused-ring (bicyclic) bond motifs is 1. The number of carbonyl (C=O) groups is 2. The summed E-state index contributed by atoms with van der Waals surface area (Å²) in [4.78, 5) is 30.0. The number of esters is 1. The maximum absolute atomic E-state index is 12.5. The predicted molar refractivity (Wildman–Crippen MR) is 148 cm³/mol. The Labute approximate surface area is 220 Å². The molecule has 2 aromatic heterocycles. The molecule has 190 valence electrons. The van der Waals surface area contributed by atoms with E-state index in [4.69, 9.17) is 0 Å². The molecule has 0 aliphatic carbocycles. The van der Waals surface area contributed by atoms with Crippen molar-refractivity contribution < 1.29 is 14.3 Å². The molecule has 0 aliphatic heterocycles. The number of hydrogen-bond donors (Lipinski definition) is 2. The summed E-state index contributed by atoms with van der Waals surface area (Å²) >= 11 is 1.60. The summed E-state index contributed by atoms with van der Waals surface area (Å²) in [5.74, 6) is -0.189. The van der Waals surface area contributed by atoms with Gasteiger partial charge in [-0.1, -0.05) is 42.8 Å². The van der Waals surface area contributed by atoms with Crippen molar-refractivity contribution in [2.24, 2.45) is 0 Å². The van der Waals surface area contributed by atoms with E-state index in [1.807, 2.05) is 54.6 Å². The number of amides is 1. The van der Waals surface area contributed by atoms with Crippen molar-refractivity contribution in [3.63, 3.8) is 0 Å². The number of methoxy groups -OCH3 is 1. The number of pyridine rings is 1. The van der Waals surface area contributed by atoms with Gasteiger partial charge in [-0.15, -0.1) is 0 Å². The van der Waals surface area contributed by atoms with Gasteiger partial charge >= 0.3 is 5.97 Å². The SMILES string of the molecule is COC(=O)CCCCCCC(=O)Nc1ccccc1Sc1ccc2c(/C=C/c3ccccn3)n[nH]c2c1. The molecule has 0 radical (unpaired) electrons. The molecule has 1 amide bonds. The number of para-hydroxylation sites is 1. The predicted octanol–water partition coefficient (Wildman–Crippen LogP) is 6.73. The summed E-state index contributed by atoms with van der Waals surface area (Å²) < 4.78 is 4.65. The molecule has 4 aromatic rings. The molecule has 0 saturated carbocycles. The average molecular weight is 515 g/mol. The van der Waals surface area contributed by atoms with E-state index in [1.54, 1.807) is 18.0 Å². The van der Waals surface area contributed by atoms with Crippen LogP contribution in [-0.2, 0) is 14.3 Å². The molecule has 7 nitrogen and oxygen atoms in total. The average Bonchev–Trinajstić information content (AvgIpc) is 3.33. The summed E-state index contributed by atoms with van der Waals surface area (Å²) in [6.07, 6.45) is 9.94. The Kier molecular flexibility index (Phi) is 9.48. The first-order valence-corrected chi connectivity index (χ1v) is 13.1. The fourth-order valence-electron chi connectivity index (χ4n) is 3.86. The molecule has 0 spiro atoms. The van der Waals surface area contributed by atoms with Crippen LogP contribution >= 0.6 is 11.8 Å². The normalized spacial score (nSPS) is 11.2. The molecular weight excluding hydrogens is 484 g/mol. The lowest BCUT2D eigenvalue weighted by Crippen LogP contribution is -2.11. The Hall–Kier alpha value is -3.91. The van der Waals surface area contributed by atoms with Crippen LogP contribution in [0.4, 0.5) is 5.69 Å². The molecule has 2 aromatic carbocycles. The number of unbranched alkanes of at least 4 members (excludes halogenated alkanes) is 3. The number of benzene rings is 2. The Bertz CT molecular complexity index is 1370.